The molecule has 1 nitrogen and oxygen atoms in total. The molecule has 0 aliphatic carbocycles. The Kier molecular flexibility index (Phi) is 5.35. The van der Waals surface area contributed by atoms with Crippen molar-refractivity contribution in [2.75, 3.05) is 7.11 Å². The first-order chi connectivity index (χ1) is 9.43. The Hall–Kier alpha value is -0.290. The largest absolute Gasteiger partial charge is 0.496 e. The van der Waals surface area contributed by atoms with Gasteiger partial charge in [-0.05, 0) is 45.8 Å². The van der Waals surface area contributed by atoms with Crippen molar-refractivity contribution in [1.82, 2.24) is 0 Å². The molecule has 106 valence electrons. The maximum atomic E-state index is 13.6. The summed E-state index contributed by atoms with van der Waals surface area (Å²) in [5.41, 5.74) is 1.45. The van der Waals surface area contributed by atoms with Crippen molar-refractivity contribution in [2.24, 2.45) is 0 Å². The fraction of sp³-hybridized carbons (Fsp3) is 0.143. The van der Waals surface area contributed by atoms with Crippen LogP contribution in [0.5, 0.6) is 5.75 Å². The van der Waals surface area contributed by atoms with Crippen LogP contribution in [0, 0.1) is 5.82 Å². The van der Waals surface area contributed by atoms with E-state index in [9.17, 15) is 4.39 Å². The van der Waals surface area contributed by atoms with Gasteiger partial charge in [0.05, 0.1) is 17.0 Å². The van der Waals surface area contributed by atoms with E-state index in [0.29, 0.717) is 20.8 Å². The summed E-state index contributed by atoms with van der Waals surface area (Å²) in [6, 6.07) is 8.25. The van der Waals surface area contributed by atoms with Crippen molar-refractivity contribution in [3.8, 4) is 5.75 Å². The minimum absolute atomic E-state index is 0.331. The van der Waals surface area contributed by atoms with E-state index in [-0.39, 0.29) is 0 Å². The third-order valence-corrected chi connectivity index (χ3v) is 4.81. The first-order valence-corrected chi connectivity index (χ1v) is 7.96. The number of ether oxygens (including phenoxy) is 1. The van der Waals surface area contributed by atoms with Crippen LogP contribution in [0.25, 0.3) is 0 Å². The second-order valence-corrected chi connectivity index (χ2v) is 6.62. The zero-order valence-corrected chi connectivity index (χ0v) is 14.9. The highest BCUT2D eigenvalue weighted by Gasteiger charge is 2.20. The van der Waals surface area contributed by atoms with Crippen LogP contribution >= 0.6 is 55.1 Å². The van der Waals surface area contributed by atoms with Gasteiger partial charge in [0.2, 0.25) is 0 Å². The van der Waals surface area contributed by atoms with Gasteiger partial charge in [-0.15, -0.1) is 11.6 Å². The molecule has 0 spiro atoms. The minimum Gasteiger partial charge on any atom is -0.496 e. The predicted octanol–water partition coefficient (Wildman–Crippen LogP) is 6.34. The van der Waals surface area contributed by atoms with E-state index in [1.807, 2.05) is 6.07 Å². The van der Waals surface area contributed by atoms with Crippen molar-refractivity contribution >= 4 is 55.1 Å². The number of hydrogen-bond donors (Lipinski definition) is 0. The van der Waals surface area contributed by atoms with E-state index in [1.165, 1.54) is 13.2 Å². The molecule has 1 unspecified atom stereocenters. The molecule has 0 N–H and O–H groups in total. The summed E-state index contributed by atoms with van der Waals surface area (Å²) in [7, 11) is 1.48. The molecule has 0 saturated heterocycles. The van der Waals surface area contributed by atoms with Crippen molar-refractivity contribution in [3.63, 3.8) is 0 Å². The molecule has 0 saturated carbocycles. The first-order valence-electron chi connectivity index (χ1n) is 5.56. The lowest BCUT2D eigenvalue weighted by Crippen LogP contribution is -2.00. The van der Waals surface area contributed by atoms with Crippen LogP contribution in [-0.2, 0) is 0 Å². The van der Waals surface area contributed by atoms with Crippen molar-refractivity contribution in [3.05, 3.63) is 61.2 Å². The van der Waals surface area contributed by atoms with Crippen LogP contribution in [0.15, 0.2) is 39.3 Å². The number of halogens is 5. The maximum absolute atomic E-state index is 13.6. The summed E-state index contributed by atoms with van der Waals surface area (Å²) in [6.07, 6.45) is 0. The summed E-state index contributed by atoms with van der Waals surface area (Å²) in [5, 5.41) is 0.0592. The third-order valence-electron chi connectivity index (χ3n) is 2.78. The normalized spacial score (nSPS) is 12.3. The van der Waals surface area contributed by atoms with Gasteiger partial charge in [-0.1, -0.05) is 27.5 Å². The summed E-state index contributed by atoms with van der Waals surface area (Å²) in [4.78, 5) is 0. The lowest BCUT2D eigenvalue weighted by atomic mass is 10.0. The summed E-state index contributed by atoms with van der Waals surface area (Å²) < 4.78 is 19.9. The van der Waals surface area contributed by atoms with Crippen LogP contribution < -0.4 is 4.74 Å². The Morgan fingerprint density at radius 3 is 2.45 bits per heavy atom. The highest BCUT2D eigenvalue weighted by atomic mass is 79.9. The summed E-state index contributed by atoms with van der Waals surface area (Å²) >= 11 is 19.1. The molecule has 2 aromatic rings. The first kappa shape index (κ1) is 16.1. The third kappa shape index (κ3) is 3.30. The molecule has 0 aliphatic rings. The standard InChI is InChI=1S/C14H9Br2Cl2FO/c1-20-13-6-12(19)11(16)5-9(13)14(18)8-4-7(17)2-3-10(8)15/h2-6,14H,1H3. The Bertz CT molecular complexity index is 649. The van der Waals surface area contributed by atoms with Crippen molar-refractivity contribution < 1.29 is 9.13 Å². The number of rotatable bonds is 3. The molecule has 0 fully saturated rings. The SMILES string of the molecule is COc1cc(F)c(Br)cc1C(Cl)c1cc(Cl)ccc1Br. The van der Waals surface area contributed by atoms with Gasteiger partial charge < -0.3 is 4.74 Å². The molecular weight excluding hydrogens is 434 g/mol. The zero-order chi connectivity index (χ0) is 14.9. The van der Waals surface area contributed by atoms with Crippen LogP contribution in [0.2, 0.25) is 5.02 Å². The molecule has 6 heteroatoms. The number of benzene rings is 2. The van der Waals surface area contributed by atoms with Crippen LogP contribution in [-0.4, -0.2) is 7.11 Å². The predicted molar refractivity (Wildman–Crippen MR) is 87.5 cm³/mol. The Morgan fingerprint density at radius 1 is 1.10 bits per heavy atom. The Balaban J connectivity index is 2.55. The zero-order valence-electron chi connectivity index (χ0n) is 10.3. The van der Waals surface area contributed by atoms with Gasteiger partial charge in [0.25, 0.3) is 0 Å². The van der Waals surface area contributed by atoms with Crippen LogP contribution in [0.4, 0.5) is 4.39 Å². The topological polar surface area (TPSA) is 9.23 Å². The Labute approximate surface area is 143 Å². The van der Waals surface area contributed by atoms with E-state index in [4.69, 9.17) is 27.9 Å². The highest BCUT2D eigenvalue weighted by Crippen LogP contribution is 2.41. The molecule has 0 aromatic heterocycles. The van der Waals surface area contributed by atoms with Gasteiger partial charge in [-0.2, -0.15) is 0 Å². The van der Waals surface area contributed by atoms with Crippen molar-refractivity contribution in [1.29, 1.82) is 0 Å². The van der Waals surface area contributed by atoms with E-state index < -0.39 is 11.2 Å². The Morgan fingerprint density at radius 2 is 1.80 bits per heavy atom. The summed E-state index contributed by atoms with van der Waals surface area (Å²) in [5.74, 6) is -0.0165. The molecule has 2 aromatic carbocycles. The maximum Gasteiger partial charge on any atom is 0.141 e. The van der Waals surface area contributed by atoms with E-state index in [2.05, 4.69) is 31.9 Å². The summed E-state index contributed by atoms with van der Waals surface area (Å²) in [6.45, 7) is 0. The smallest absolute Gasteiger partial charge is 0.141 e. The van der Waals surface area contributed by atoms with Gasteiger partial charge in [0, 0.05) is 21.1 Å². The monoisotopic (exact) mass is 440 g/mol. The second kappa shape index (κ2) is 6.65. The lowest BCUT2D eigenvalue weighted by molar-refractivity contribution is 0.406. The fourth-order valence-electron chi connectivity index (χ4n) is 1.80. The molecule has 1 atom stereocenters. The van der Waals surface area contributed by atoms with Crippen molar-refractivity contribution in [2.45, 2.75) is 5.38 Å². The van der Waals surface area contributed by atoms with Crippen LogP contribution in [0.3, 0.4) is 0 Å². The molecule has 0 heterocycles. The van der Waals surface area contributed by atoms with Gasteiger partial charge in [-0.25, -0.2) is 4.39 Å². The van der Waals surface area contributed by atoms with Crippen LogP contribution in [0.1, 0.15) is 16.5 Å². The lowest BCUT2D eigenvalue weighted by Gasteiger charge is -2.17. The molecule has 0 amide bonds. The minimum atomic E-state index is -0.519. The average molecular weight is 443 g/mol. The van der Waals surface area contributed by atoms with Gasteiger partial charge >= 0.3 is 0 Å². The number of hydrogen-bond acceptors (Lipinski definition) is 1. The van der Waals surface area contributed by atoms with Gasteiger partial charge in [-0.3, -0.25) is 0 Å². The van der Waals surface area contributed by atoms with E-state index in [1.54, 1.807) is 18.2 Å². The molecule has 20 heavy (non-hydrogen) atoms. The van der Waals surface area contributed by atoms with Gasteiger partial charge in [0.1, 0.15) is 11.6 Å². The molecular formula is C14H9Br2Cl2FO. The number of methoxy groups -OCH3 is 1. The second-order valence-electron chi connectivity index (χ2n) is 4.04. The fourth-order valence-corrected chi connectivity index (χ4v) is 3.30. The molecule has 0 radical (unpaired) electrons. The highest BCUT2D eigenvalue weighted by molar-refractivity contribution is 9.10. The molecule has 0 aliphatic heterocycles. The number of alkyl halides is 1. The molecule has 2 rings (SSSR count). The van der Waals surface area contributed by atoms with E-state index >= 15 is 0 Å². The quantitative estimate of drug-likeness (QED) is 0.504. The van der Waals surface area contributed by atoms with Gasteiger partial charge in [0.15, 0.2) is 0 Å². The average Bonchev–Trinajstić information content (AvgIpc) is 2.43. The molecule has 0 bridgehead atoms. The van der Waals surface area contributed by atoms with E-state index in [0.717, 1.165) is 10.0 Å².